The number of aromatic nitrogens is 3. The zero-order valence-electron chi connectivity index (χ0n) is 5.95. The Hall–Kier alpha value is -1.09. The van der Waals surface area contributed by atoms with Gasteiger partial charge in [0.25, 0.3) is 0 Å². The largest absolute Gasteiger partial charge is 0.219 e. The summed E-state index contributed by atoms with van der Waals surface area (Å²) in [4.78, 5) is 4.15. The monoisotopic (exact) mass is 167 g/mol. The minimum atomic E-state index is 0.669. The zero-order chi connectivity index (χ0) is 7.84. The van der Waals surface area contributed by atoms with Crippen LogP contribution in [0.1, 0.15) is 5.82 Å². The van der Waals surface area contributed by atoms with Gasteiger partial charge in [0.05, 0.1) is 5.02 Å². The van der Waals surface area contributed by atoms with Gasteiger partial charge in [-0.25, -0.2) is 9.50 Å². The Bertz CT molecular complexity index is 393. The number of pyridine rings is 1. The maximum Gasteiger partial charge on any atom is 0.155 e. The first-order chi connectivity index (χ1) is 5.25. The van der Waals surface area contributed by atoms with Crippen molar-refractivity contribution in [1.29, 1.82) is 0 Å². The van der Waals surface area contributed by atoms with Gasteiger partial charge < -0.3 is 0 Å². The molecule has 0 N–H and O–H groups in total. The molecule has 11 heavy (non-hydrogen) atoms. The van der Waals surface area contributed by atoms with Crippen molar-refractivity contribution in [2.45, 2.75) is 6.92 Å². The smallest absolute Gasteiger partial charge is 0.155 e. The van der Waals surface area contributed by atoms with Crippen LogP contribution < -0.4 is 0 Å². The summed E-state index contributed by atoms with van der Waals surface area (Å²) >= 11 is 5.74. The summed E-state index contributed by atoms with van der Waals surface area (Å²) < 4.78 is 1.66. The highest BCUT2D eigenvalue weighted by Crippen LogP contribution is 2.08. The third kappa shape index (κ3) is 1.07. The van der Waals surface area contributed by atoms with Crippen molar-refractivity contribution in [2.24, 2.45) is 0 Å². The van der Waals surface area contributed by atoms with Crippen molar-refractivity contribution >= 4 is 17.2 Å². The lowest BCUT2D eigenvalue weighted by Crippen LogP contribution is -1.85. The van der Waals surface area contributed by atoms with Gasteiger partial charge in [0.1, 0.15) is 5.82 Å². The van der Waals surface area contributed by atoms with E-state index in [4.69, 9.17) is 11.6 Å². The van der Waals surface area contributed by atoms with Crippen LogP contribution in [0.25, 0.3) is 5.65 Å². The number of rotatable bonds is 0. The Morgan fingerprint density at radius 3 is 3.09 bits per heavy atom. The molecule has 3 nitrogen and oxygen atoms in total. The van der Waals surface area contributed by atoms with Crippen molar-refractivity contribution in [3.8, 4) is 0 Å². The molecule has 2 rings (SSSR count). The van der Waals surface area contributed by atoms with E-state index >= 15 is 0 Å². The Morgan fingerprint density at radius 2 is 2.27 bits per heavy atom. The summed E-state index contributed by atoms with van der Waals surface area (Å²) in [6, 6.07) is 3.63. The van der Waals surface area contributed by atoms with Gasteiger partial charge in [0.2, 0.25) is 0 Å². The molecule has 0 spiro atoms. The summed E-state index contributed by atoms with van der Waals surface area (Å²) in [5.41, 5.74) is 0.826. The molecule has 2 aromatic rings. The maximum atomic E-state index is 5.74. The van der Waals surface area contributed by atoms with E-state index in [1.54, 1.807) is 16.8 Å². The molecule has 0 amide bonds. The Labute approximate surface area is 68.6 Å². The molecule has 0 fully saturated rings. The van der Waals surface area contributed by atoms with Crippen molar-refractivity contribution < 1.29 is 0 Å². The van der Waals surface area contributed by atoms with E-state index in [0.29, 0.717) is 5.02 Å². The van der Waals surface area contributed by atoms with Gasteiger partial charge in [-0.1, -0.05) is 11.6 Å². The Morgan fingerprint density at radius 1 is 1.45 bits per heavy atom. The van der Waals surface area contributed by atoms with Crippen LogP contribution in [0.5, 0.6) is 0 Å². The molecule has 0 saturated carbocycles. The second-order valence-corrected chi connectivity index (χ2v) is 2.75. The van der Waals surface area contributed by atoms with Gasteiger partial charge >= 0.3 is 0 Å². The first-order valence-electron chi connectivity index (χ1n) is 3.24. The van der Waals surface area contributed by atoms with Crippen molar-refractivity contribution in [3.05, 3.63) is 29.2 Å². The molecular weight excluding hydrogens is 162 g/mol. The molecule has 56 valence electrons. The van der Waals surface area contributed by atoms with Gasteiger partial charge in [-0.05, 0) is 19.1 Å². The van der Waals surface area contributed by atoms with Crippen molar-refractivity contribution in [2.75, 3.05) is 0 Å². The van der Waals surface area contributed by atoms with Gasteiger partial charge in [-0.3, -0.25) is 0 Å². The molecule has 0 aromatic carbocycles. The Balaban J connectivity index is 2.82. The molecule has 0 aliphatic heterocycles. The number of nitrogens with zero attached hydrogens (tertiary/aromatic N) is 3. The summed E-state index contributed by atoms with van der Waals surface area (Å²) in [5, 5.41) is 4.76. The first-order valence-corrected chi connectivity index (χ1v) is 3.62. The zero-order valence-corrected chi connectivity index (χ0v) is 6.71. The van der Waals surface area contributed by atoms with E-state index < -0.39 is 0 Å². The molecule has 2 heterocycles. The number of hydrogen-bond donors (Lipinski definition) is 0. The highest BCUT2D eigenvalue weighted by molar-refractivity contribution is 6.30. The van der Waals surface area contributed by atoms with E-state index in [9.17, 15) is 0 Å². The lowest BCUT2D eigenvalue weighted by molar-refractivity contribution is 0.931. The first kappa shape index (κ1) is 6.61. The molecule has 0 saturated heterocycles. The lowest BCUT2D eigenvalue weighted by atomic mass is 10.5. The minimum absolute atomic E-state index is 0.669. The molecule has 0 unspecified atom stereocenters. The number of aryl methyl sites for hydroxylation is 1. The number of hydrogen-bond acceptors (Lipinski definition) is 2. The average molecular weight is 168 g/mol. The van der Waals surface area contributed by atoms with Crippen LogP contribution >= 0.6 is 11.6 Å². The van der Waals surface area contributed by atoms with Gasteiger partial charge in [0, 0.05) is 6.20 Å². The average Bonchev–Trinajstić information content (AvgIpc) is 2.27. The molecule has 0 atom stereocenters. The molecule has 0 aliphatic carbocycles. The highest BCUT2D eigenvalue weighted by Gasteiger charge is 1.97. The normalized spacial score (nSPS) is 10.7. The minimum Gasteiger partial charge on any atom is -0.219 e. The predicted molar refractivity (Wildman–Crippen MR) is 42.7 cm³/mol. The van der Waals surface area contributed by atoms with Gasteiger partial charge in [-0.2, -0.15) is 5.10 Å². The molecule has 0 radical (unpaired) electrons. The molecule has 0 aliphatic rings. The van der Waals surface area contributed by atoms with E-state index in [2.05, 4.69) is 10.1 Å². The van der Waals surface area contributed by atoms with Crippen LogP contribution in [0.4, 0.5) is 0 Å². The van der Waals surface area contributed by atoms with Crippen LogP contribution in [0, 0.1) is 6.92 Å². The second kappa shape index (κ2) is 2.20. The van der Waals surface area contributed by atoms with Crippen LogP contribution in [-0.4, -0.2) is 14.6 Å². The summed E-state index contributed by atoms with van der Waals surface area (Å²) in [6.07, 6.45) is 1.73. The highest BCUT2D eigenvalue weighted by atomic mass is 35.5. The van der Waals surface area contributed by atoms with E-state index in [0.717, 1.165) is 11.5 Å². The fraction of sp³-hybridized carbons (Fsp3) is 0.143. The van der Waals surface area contributed by atoms with Crippen molar-refractivity contribution in [1.82, 2.24) is 14.6 Å². The van der Waals surface area contributed by atoms with Crippen LogP contribution in [0.3, 0.4) is 0 Å². The summed E-state index contributed by atoms with van der Waals surface area (Å²) in [7, 11) is 0. The predicted octanol–water partition coefficient (Wildman–Crippen LogP) is 1.69. The van der Waals surface area contributed by atoms with E-state index in [1.807, 2.05) is 13.0 Å². The number of fused-ring (bicyclic) bond motifs is 1. The van der Waals surface area contributed by atoms with E-state index in [-0.39, 0.29) is 0 Å². The topological polar surface area (TPSA) is 30.2 Å². The maximum absolute atomic E-state index is 5.74. The third-order valence-electron chi connectivity index (χ3n) is 1.40. The van der Waals surface area contributed by atoms with Gasteiger partial charge in [-0.15, -0.1) is 0 Å². The standard InChI is InChI=1S/C7H6ClN3/c1-5-9-7-3-2-6(8)4-11(7)10-5/h2-4H,1H3. The van der Waals surface area contributed by atoms with Gasteiger partial charge in [0.15, 0.2) is 5.65 Å². The fourth-order valence-electron chi connectivity index (χ4n) is 0.969. The van der Waals surface area contributed by atoms with Crippen LogP contribution in [0.2, 0.25) is 5.02 Å². The summed E-state index contributed by atoms with van der Waals surface area (Å²) in [6.45, 7) is 1.85. The summed E-state index contributed by atoms with van der Waals surface area (Å²) in [5.74, 6) is 0.757. The van der Waals surface area contributed by atoms with Crippen LogP contribution in [0.15, 0.2) is 18.3 Å². The van der Waals surface area contributed by atoms with E-state index in [1.165, 1.54) is 0 Å². The molecule has 4 heteroatoms. The van der Waals surface area contributed by atoms with Crippen molar-refractivity contribution in [3.63, 3.8) is 0 Å². The fourth-order valence-corrected chi connectivity index (χ4v) is 1.12. The number of halogens is 1. The molecular formula is C7H6ClN3. The lowest BCUT2D eigenvalue weighted by Gasteiger charge is -1.89. The third-order valence-corrected chi connectivity index (χ3v) is 1.62. The Kier molecular flexibility index (Phi) is 1.32. The SMILES string of the molecule is Cc1nc2ccc(Cl)cn2n1. The molecule has 2 aromatic heterocycles. The second-order valence-electron chi connectivity index (χ2n) is 2.31. The quantitative estimate of drug-likeness (QED) is 0.598. The van der Waals surface area contributed by atoms with Crippen LogP contribution in [-0.2, 0) is 0 Å². The molecule has 0 bridgehead atoms.